The maximum atomic E-state index is 12.9. The van der Waals surface area contributed by atoms with E-state index < -0.39 is 6.10 Å². The van der Waals surface area contributed by atoms with Crippen molar-refractivity contribution in [1.82, 2.24) is 19.8 Å². The van der Waals surface area contributed by atoms with Crippen LogP contribution in [0.15, 0.2) is 42.7 Å². The van der Waals surface area contributed by atoms with Crippen molar-refractivity contribution in [3.8, 4) is 11.8 Å². The lowest BCUT2D eigenvalue weighted by molar-refractivity contribution is 0.0487. The van der Waals surface area contributed by atoms with Crippen molar-refractivity contribution in [3.05, 3.63) is 42.7 Å². The Kier molecular flexibility index (Phi) is 6.83. The maximum Gasteiger partial charge on any atom is 0.324 e. The van der Waals surface area contributed by atoms with Crippen molar-refractivity contribution in [2.45, 2.75) is 25.0 Å². The van der Waals surface area contributed by atoms with Gasteiger partial charge in [-0.25, -0.2) is 14.8 Å². The van der Waals surface area contributed by atoms with Crippen molar-refractivity contribution < 1.29 is 19.4 Å². The number of aromatic nitrogens is 2. The first-order chi connectivity index (χ1) is 15.2. The van der Waals surface area contributed by atoms with Gasteiger partial charge in [0.15, 0.2) is 0 Å². The van der Waals surface area contributed by atoms with Crippen LogP contribution in [-0.4, -0.2) is 89.5 Å². The van der Waals surface area contributed by atoms with Crippen LogP contribution in [0.4, 0.5) is 10.5 Å². The van der Waals surface area contributed by atoms with Gasteiger partial charge in [-0.15, -0.1) is 0 Å². The highest BCUT2D eigenvalue weighted by Crippen LogP contribution is 2.25. The SMILES string of the molecule is COc1nccnc1OCC(O)CN1CCC(N2CCN(c3ccccc3)C2=O)CC1. The third-order valence-corrected chi connectivity index (χ3v) is 5.81. The topological polar surface area (TPSA) is 91.3 Å². The van der Waals surface area contributed by atoms with E-state index in [1.54, 1.807) is 0 Å². The van der Waals surface area contributed by atoms with E-state index >= 15 is 0 Å². The molecule has 9 heteroatoms. The molecule has 4 rings (SSSR count). The van der Waals surface area contributed by atoms with Gasteiger partial charge >= 0.3 is 6.03 Å². The molecule has 2 amide bonds. The molecule has 2 saturated heterocycles. The number of anilines is 1. The zero-order valence-corrected chi connectivity index (χ0v) is 17.8. The Labute approximate surface area is 182 Å². The highest BCUT2D eigenvalue weighted by molar-refractivity contribution is 5.94. The molecular weight excluding hydrogens is 398 g/mol. The minimum absolute atomic E-state index is 0.0935. The van der Waals surface area contributed by atoms with Crippen LogP contribution in [0, 0.1) is 0 Å². The molecule has 2 aromatic rings. The zero-order valence-electron chi connectivity index (χ0n) is 17.8. The average Bonchev–Trinajstić information content (AvgIpc) is 3.20. The van der Waals surface area contributed by atoms with Crippen LogP contribution in [0.2, 0.25) is 0 Å². The monoisotopic (exact) mass is 427 g/mol. The number of urea groups is 1. The molecular formula is C22H29N5O4. The van der Waals surface area contributed by atoms with Crippen LogP contribution in [-0.2, 0) is 0 Å². The molecule has 1 unspecified atom stereocenters. The fourth-order valence-electron chi connectivity index (χ4n) is 4.23. The van der Waals surface area contributed by atoms with Crippen molar-refractivity contribution in [1.29, 1.82) is 0 Å². The fraction of sp³-hybridized carbons (Fsp3) is 0.500. The summed E-state index contributed by atoms with van der Waals surface area (Å²) in [5, 5.41) is 10.4. The number of hydrogen-bond donors (Lipinski definition) is 1. The Morgan fingerprint density at radius 3 is 2.48 bits per heavy atom. The predicted molar refractivity (Wildman–Crippen MR) is 115 cm³/mol. The van der Waals surface area contributed by atoms with Gasteiger partial charge in [-0.05, 0) is 25.0 Å². The van der Waals surface area contributed by atoms with Crippen molar-refractivity contribution in [3.63, 3.8) is 0 Å². The Morgan fingerprint density at radius 1 is 1.06 bits per heavy atom. The van der Waals surface area contributed by atoms with Gasteiger partial charge in [0.1, 0.15) is 12.7 Å². The number of benzene rings is 1. The molecule has 1 atom stereocenters. The maximum absolute atomic E-state index is 12.9. The number of ether oxygens (including phenoxy) is 2. The number of nitrogens with zero attached hydrogens (tertiary/aromatic N) is 5. The van der Waals surface area contributed by atoms with Gasteiger partial charge in [-0.3, -0.25) is 4.90 Å². The minimum atomic E-state index is -0.648. The molecule has 1 N–H and O–H groups in total. The lowest BCUT2D eigenvalue weighted by atomic mass is 10.0. The van der Waals surface area contributed by atoms with E-state index in [1.807, 2.05) is 40.1 Å². The molecule has 2 aliphatic heterocycles. The van der Waals surface area contributed by atoms with E-state index in [-0.39, 0.29) is 24.6 Å². The van der Waals surface area contributed by atoms with E-state index in [2.05, 4.69) is 14.9 Å². The second-order valence-electron chi connectivity index (χ2n) is 7.83. The summed E-state index contributed by atoms with van der Waals surface area (Å²) in [4.78, 5) is 27.1. The number of piperidine rings is 1. The lowest BCUT2D eigenvalue weighted by Crippen LogP contribution is -2.48. The standard InChI is InChI=1S/C22H29N5O4/c1-30-20-21(24-10-9-23-20)31-16-19(28)15-25-11-7-18(8-12-25)27-14-13-26(22(27)29)17-5-3-2-4-6-17/h2-6,9-10,18-19,28H,7-8,11-16H2,1H3. The summed E-state index contributed by atoms with van der Waals surface area (Å²) < 4.78 is 10.7. The number of methoxy groups -OCH3 is 1. The summed E-state index contributed by atoms with van der Waals surface area (Å²) in [7, 11) is 1.50. The predicted octanol–water partition coefficient (Wildman–Crippen LogP) is 1.63. The number of aliphatic hydroxyl groups is 1. The number of carbonyl (C=O) groups is 1. The number of β-amino-alcohol motifs (C(OH)–C–C–N with tert-alkyl or cyclic N) is 1. The molecule has 166 valence electrons. The Hall–Kier alpha value is -2.91. The number of hydrogen-bond acceptors (Lipinski definition) is 7. The Morgan fingerprint density at radius 2 is 1.77 bits per heavy atom. The van der Waals surface area contributed by atoms with Gasteiger partial charge in [-0.1, -0.05) is 18.2 Å². The minimum Gasteiger partial charge on any atom is -0.477 e. The second-order valence-corrected chi connectivity index (χ2v) is 7.83. The summed E-state index contributed by atoms with van der Waals surface area (Å²) in [6.45, 7) is 3.79. The molecule has 9 nitrogen and oxygen atoms in total. The van der Waals surface area contributed by atoms with Crippen molar-refractivity contribution >= 4 is 11.7 Å². The van der Waals surface area contributed by atoms with E-state index in [9.17, 15) is 9.90 Å². The summed E-state index contributed by atoms with van der Waals surface area (Å²) in [5.74, 6) is 0.577. The Bertz CT molecular complexity index is 860. The lowest BCUT2D eigenvalue weighted by Gasteiger charge is -2.37. The molecule has 0 saturated carbocycles. The molecule has 0 spiro atoms. The van der Waals surface area contributed by atoms with Gasteiger partial charge in [0.2, 0.25) is 0 Å². The quantitative estimate of drug-likeness (QED) is 0.685. The smallest absolute Gasteiger partial charge is 0.324 e. The molecule has 0 bridgehead atoms. The van der Waals surface area contributed by atoms with Crippen LogP contribution < -0.4 is 14.4 Å². The van der Waals surface area contributed by atoms with Gasteiger partial charge in [0.25, 0.3) is 11.8 Å². The molecule has 3 heterocycles. The molecule has 1 aromatic carbocycles. The van der Waals surface area contributed by atoms with E-state index in [0.29, 0.717) is 12.4 Å². The molecule has 0 aliphatic carbocycles. The van der Waals surface area contributed by atoms with E-state index in [1.165, 1.54) is 19.5 Å². The molecule has 0 radical (unpaired) electrons. The van der Waals surface area contributed by atoms with Crippen LogP contribution in [0.3, 0.4) is 0 Å². The van der Waals surface area contributed by atoms with Crippen molar-refractivity contribution in [2.75, 3.05) is 51.3 Å². The molecule has 2 fully saturated rings. The number of carbonyl (C=O) groups excluding carboxylic acids is 1. The van der Waals surface area contributed by atoms with Crippen molar-refractivity contribution in [2.24, 2.45) is 0 Å². The highest BCUT2D eigenvalue weighted by Gasteiger charge is 2.36. The van der Waals surface area contributed by atoms with Crippen LogP contribution >= 0.6 is 0 Å². The average molecular weight is 428 g/mol. The van der Waals surface area contributed by atoms with Gasteiger partial charge in [0.05, 0.1) is 7.11 Å². The van der Waals surface area contributed by atoms with Gasteiger partial charge < -0.3 is 24.4 Å². The summed E-state index contributed by atoms with van der Waals surface area (Å²) >= 11 is 0. The number of aliphatic hydroxyl groups excluding tert-OH is 1. The number of amides is 2. The number of rotatable bonds is 8. The van der Waals surface area contributed by atoms with Gasteiger partial charge in [-0.2, -0.15) is 0 Å². The normalized spacial score (nSPS) is 19.0. The first-order valence-corrected chi connectivity index (χ1v) is 10.7. The largest absolute Gasteiger partial charge is 0.477 e. The number of para-hydroxylation sites is 1. The van der Waals surface area contributed by atoms with Crippen LogP contribution in [0.25, 0.3) is 0 Å². The van der Waals surface area contributed by atoms with Gasteiger partial charge in [0, 0.05) is 56.8 Å². The molecule has 1 aromatic heterocycles. The Balaban J connectivity index is 1.22. The molecule has 31 heavy (non-hydrogen) atoms. The molecule has 2 aliphatic rings. The third kappa shape index (κ3) is 5.05. The highest BCUT2D eigenvalue weighted by atomic mass is 16.5. The summed E-state index contributed by atoms with van der Waals surface area (Å²) in [5.41, 5.74) is 0.954. The fourth-order valence-corrected chi connectivity index (χ4v) is 4.23. The third-order valence-electron chi connectivity index (χ3n) is 5.81. The van der Waals surface area contributed by atoms with E-state index in [4.69, 9.17) is 9.47 Å². The summed E-state index contributed by atoms with van der Waals surface area (Å²) in [6.07, 6.45) is 4.20. The summed E-state index contributed by atoms with van der Waals surface area (Å²) in [6, 6.07) is 10.2. The number of likely N-dealkylation sites (tertiary alicyclic amines) is 1. The van der Waals surface area contributed by atoms with Crippen LogP contribution in [0.5, 0.6) is 11.8 Å². The van der Waals surface area contributed by atoms with Crippen LogP contribution in [0.1, 0.15) is 12.8 Å². The zero-order chi connectivity index (χ0) is 21.6. The first kappa shape index (κ1) is 21.3. The van der Waals surface area contributed by atoms with E-state index in [0.717, 1.165) is 44.7 Å². The second kappa shape index (κ2) is 9.93. The first-order valence-electron chi connectivity index (χ1n) is 10.7.